The minimum Gasteiger partial charge on any atom is -0.497 e. The van der Waals surface area contributed by atoms with E-state index in [0.717, 1.165) is 17.0 Å². The molecule has 0 fully saturated rings. The molecule has 1 aromatic heterocycles. The standard InChI is InChI=1S/C16H15N3OS/c1-20-15-7-4-13(5-8-15)3-6-14-9-11-18-16(19-14)21-12-2-10-17/h3-9,11H,2,12H2,1H3. The molecular weight excluding hydrogens is 282 g/mol. The van der Waals surface area contributed by atoms with Gasteiger partial charge in [0, 0.05) is 18.4 Å². The predicted octanol–water partition coefficient (Wildman–Crippen LogP) is 3.66. The molecule has 0 radical (unpaired) electrons. The van der Waals surface area contributed by atoms with Crippen molar-refractivity contribution in [3.8, 4) is 11.8 Å². The summed E-state index contributed by atoms with van der Waals surface area (Å²) >= 11 is 1.49. The van der Waals surface area contributed by atoms with Crippen LogP contribution in [0.4, 0.5) is 0 Å². The number of hydrogen-bond donors (Lipinski definition) is 0. The van der Waals surface area contributed by atoms with Crippen molar-refractivity contribution in [1.82, 2.24) is 9.97 Å². The van der Waals surface area contributed by atoms with Crippen LogP contribution < -0.4 is 4.74 Å². The third-order valence-electron chi connectivity index (χ3n) is 2.66. The van der Waals surface area contributed by atoms with Crippen LogP contribution >= 0.6 is 11.8 Å². The van der Waals surface area contributed by atoms with E-state index in [1.807, 2.05) is 42.5 Å². The van der Waals surface area contributed by atoms with Gasteiger partial charge in [-0.3, -0.25) is 0 Å². The molecule has 1 aromatic carbocycles. The predicted molar refractivity (Wildman–Crippen MR) is 84.9 cm³/mol. The molecule has 1 heterocycles. The fraction of sp³-hybridized carbons (Fsp3) is 0.188. The third-order valence-corrected chi connectivity index (χ3v) is 3.53. The fourth-order valence-corrected chi connectivity index (χ4v) is 2.28. The van der Waals surface area contributed by atoms with Crippen LogP contribution in [0.1, 0.15) is 17.7 Å². The van der Waals surface area contributed by atoms with E-state index in [-0.39, 0.29) is 0 Å². The monoisotopic (exact) mass is 297 g/mol. The van der Waals surface area contributed by atoms with Gasteiger partial charge in [0.1, 0.15) is 5.75 Å². The summed E-state index contributed by atoms with van der Waals surface area (Å²) < 4.78 is 5.12. The summed E-state index contributed by atoms with van der Waals surface area (Å²) in [5, 5.41) is 9.22. The van der Waals surface area contributed by atoms with Crippen molar-refractivity contribution in [3.63, 3.8) is 0 Å². The van der Waals surface area contributed by atoms with Gasteiger partial charge in [0.05, 0.1) is 18.9 Å². The van der Waals surface area contributed by atoms with E-state index in [0.29, 0.717) is 17.3 Å². The van der Waals surface area contributed by atoms with Crippen molar-refractivity contribution >= 4 is 23.9 Å². The van der Waals surface area contributed by atoms with Gasteiger partial charge in [-0.1, -0.05) is 30.0 Å². The average Bonchev–Trinajstić information content (AvgIpc) is 2.54. The van der Waals surface area contributed by atoms with E-state index in [1.165, 1.54) is 11.8 Å². The maximum Gasteiger partial charge on any atom is 0.188 e. The van der Waals surface area contributed by atoms with E-state index in [9.17, 15) is 0 Å². The van der Waals surface area contributed by atoms with Crippen LogP contribution in [-0.2, 0) is 0 Å². The summed E-state index contributed by atoms with van der Waals surface area (Å²) in [6.07, 6.45) is 6.17. The second kappa shape index (κ2) is 8.08. The first-order valence-corrected chi connectivity index (χ1v) is 7.45. The molecule has 0 aliphatic rings. The number of aromatic nitrogens is 2. The summed E-state index contributed by atoms with van der Waals surface area (Å²) in [6, 6.07) is 11.8. The molecule has 0 spiro atoms. The largest absolute Gasteiger partial charge is 0.497 e. The Morgan fingerprint density at radius 2 is 2.05 bits per heavy atom. The van der Waals surface area contributed by atoms with Crippen molar-refractivity contribution < 1.29 is 4.74 Å². The molecule has 0 aliphatic heterocycles. The highest BCUT2D eigenvalue weighted by atomic mass is 32.2. The number of nitriles is 1. The van der Waals surface area contributed by atoms with Gasteiger partial charge in [0.15, 0.2) is 5.16 Å². The Bertz CT molecular complexity index is 647. The lowest BCUT2D eigenvalue weighted by atomic mass is 10.2. The SMILES string of the molecule is COc1ccc(C=Cc2ccnc(SCCC#N)n2)cc1. The van der Waals surface area contributed by atoms with Crippen molar-refractivity contribution in [2.24, 2.45) is 0 Å². The highest BCUT2D eigenvalue weighted by Crippen LogP contribution is 2.16. The van der Waals surface area contributed by atoms with Crippen LogP contribution in [0.3, 0.4) is 0 Å². The minimum atomic E-state index is 0.500. The van der Waals surface area contributed by atoms with Crippen molar-refractivity contribution in [2.75, 3.05) is 12.9 Å². The van der Waals surface area contributed by atoms with Gasteiger partial charge in [-0.05, 0) is 29.8 Å². The van der Waals surface area contributed by atoms with Gasteiger partial charge in [0.25, 0.3) is 0 Å². The summed E-state index contributed by atoms with van der Waals surface area (Å²) in [6.45, 7) is 0. The lowest BCUT2D eigenvalue weighted by molar-refractivity contribution is 0.415. The van der Waals surface area contributed by atoms with Crippen molar-refractivity contribution in [1.29, 1.82) is 5.26 Å². The first-order chi connectivity index (χ1) is 10.3. The van der Waals surface area contributed by atoms with Crippen LogP contribution in [0, 0.1) is 11.3 Å². The van der Waals surface area contributed by atoms with Gasteiger partial charge < -0.3 is 4.74 Å². The molecule has 0 saturated carbocycles. The molecule has 4 nitrogen and oxygen atoms in total. The molecule has 0 atom stereocenters. The molecule has 21 heavy (non-hydrogen) atoms. The van der Waals surface area contributed by atoms with E-state index in [2.05, 4.69) is 16.0 Å². The number of rotatable bonds is 6. The normalized spacial score (nSPS) is 10.5. The zero-order valence-electron chi connectivity index (χ0n) is 11.7. The lowest BCUT2D eigenvalue weighted by Gasteiger charge is -2.00. The molecular formula is C16H15N3OS. The smallest absolute Gasteiger partial charge is 0.188 e. The zero-order valence-corrected chi connectivity index (χ0v) is 12.5. The number of hydrogen-bond acceptors (Lipinski definition) is 5. The van der Waals surface area contributed by atoms with E-state index < -0.39 is 0 Å². The Hall–Kier alpha value is -2.32. The van der Waals surface area contributed by atoms with E-state index in [1.54, 1.807) is 13.3 Å². The number of nitrogens with zero attached hydrogens (tertiary/aromatic N) is 3. The van der Waals surface area contributed by atoms with Crippen LogP contribution in [0.25, 0.3) is 12.2 Å². The maximum absolute atomic E-state index is 8.52. The van der Waals surface area contributed by atoms with Crippen LogP contribution in [0.15, 0.2) is 41.7 Å². The molecule has 5 heteroatoms. The molecule has 2 aromatic rings. The number of thioether (sulfide) groups is 1. The molecule has 0 amide bonds. The molecule has 0 saturated heterocycles. The Kier molecular flexibility index (Phi) is 5.80. The Morgan fingerprint density at radius 1 is 1.24 bits per heavy atom. The second-order valence-electron chi connectivity index (χ2n) is 4.13. The van der Waals surface area contributed by atoms with Crippen molar-refractivity contribution in [2.45, 2.75) is 11.6 Å². The van der Waals surface area contributed by atoms with E-state index >= 15 is 0 Å². The van der Waals surface area contributed by atoms with Crippen molar-refractivity contribution in [3.05, 3.63) is 47.8 Å². The summed E-state index contributed by atoms with van der Waals surface area (Å²) in [7, 11) is 1.65. The van der Waals surface area contributed by atoms with Gasteiger partial charge in [-0.15, -0.1) is 0 Å². The Labute approximate surface area is 128 Å². The quantitative estimate of drug-likeness (QED) is 0.462. The highest BCUT2D eigenvalue weighted by molar-refractivity contribution is 7.99. The minimum absolute atomic E-state index is 0.500. The molecule has 0 aliphatic carbocycles. The fourth-order valence-electron chi connectivity index (χ4n) is 1.60. The first-order valence-electron chi connectivity index (χ1n) is 6.47. The summed E-state index contributed by atoms with van der Waals surface area (Å²) in [4.78, 5) is 8.61. The van der Waals surface area contributed by atoms with E-state index in [4.69, 9.17) is 10.00 Å². The van der Waals surface area contributed by atoms with Gasteiger partial charge in [-0.2, -0.15) is 5.26 Å². The summed E-state index contributed by atoms with van der Waals surface area (Å²) in [5.41, 5.74) is 1.92. The number of benzene rings is 1. The Balaban J connectivity index is 2.02. The summed E-state index contributed by atoms with van der Waals surface area (Å²) in [5.74, 6) is 1.55. The Morgan fingerprint density at radius 3 is 2.76 bits per heavy atom. The van der Waals surface area contributed by atoms with Crippen LogP contribution in [0.2, 0.25) is 0 Å². The molecule has 2 rings (SSSR count). The molecule has 0 bridgehead atoms. The number of ether oxygens (including phenoxy) is 1. The molecule has 106 valence electrons. The maximum atomic E-state index is 8.52. The number of methoxy groups -OCH3 is 1. The van der Waals surface area contributed by atoms with Crippen LogP contribution in [-0.4, -0.2) is 22.8 Å². The lowest BCUT2D eigenvalue weighted by Crippen LogP contribution is -1.89. The average molecular weight is 297 g/mol. The van der Waals surface area contributed by atoms with Crippen LogP contribution in [0.5, 0.6) is 5.75 Å². The molecule has 0 unspecified atom stereocenters. The topological polar surface area (TPSA) is 58.8 Å². The van der Waals surface area contributed by atoms with Gasteiger partial charge >= 0.3 is 0 Å². The van der Waals surface area contributed by atoms with Gasteiger partial charge in [0.2, 0.25) is 0 Å². The van der Waals surface area contributed by atoms with Gasteiger partial charge in [-0.25, -0.2) is 9.97 Å². The first kappa shape index (κ1) is 15.1. The third kappa shape index (κ3) is 4.93. The second-order valence-corrected chi connectivity index (χ2v) is 5.19. The molecule has 0 N–H and O–H groups in total. The zero-order chi connectivity index (χ0) is 14.9. The highest BCUT2D eigenvalue weighted by Gasteiger charge is 1.98.